The van der Waals surface area contributed by atoms with Crippen molar-refractivity contribution < 1.29 is 9.59 Å². The zero-order valence-electron chi connectivity index (χ0n) is 15.1. The standard InChI is InChI=1S/C21H20N4O2/c1-14-22-12-18-13-23(8-9-24(14)18)19-11-20(26)25(21(19)27)17-7-6-15-4-2-3-5-16(15)10-17/h2-7,10,12,19H,8-9,11,13H2,1H3. The van der Waals surface area contributed by atoms with Gasteiger partial charge in [-0.05, 0) is 29.8 Å². The lowest BCUT2D eigenvalue weighted by Gasteiger charge is -2.32. The summed E-state index contributed by atoms with van der Waals surface area (Å²) >= 11 is 0. The lowest BCUT2D eigenvalue weighted by atomic mass is 10.1. The molecule has 2 aromatic carbocycles. The van der Waals surface area contributed by atoms with Crippen molar-refractivity contribution in [2.24, 2.45) is 0 Å². The van der Waals surface area contributed by atoms with Crippen LogP contribution in [0.4, 0.5) is 5.69 Å². The Balaban J connectivity index is 1.43. The first kappa shape index (κ1) is 16.2. The van der Waals surface area contributed by atoms with Gasteiger partial charge in [-0.2, -0.15) is 0 Å². The molecule has 1 atom stereocenters. The molecule has 136 valence electrons. The number of fused-ring (bicyclic) bond motifs is 2. The van der Waals surface area contributed by atoms with E-state index in [1.807, 2.05) is 55.6 Å². The van der Waals surface area contributed by atoms with Crippen LogP contribution in [0.2, 0.25) is 0 Å². The number of benzene rings is 2. The summed E-state index contributed by atoms with van der Waals surface area (Å²) in [6, 6.07) is 13.3. The van der Waals surface area contributed by atoms with Gasteiger partial charge in [-0.25, -0.2) is 9.88 Å². The normalized spacial score (nSPS) is 20.5. The molecule has 3 aromatic rings. The fourth-order valence-corrected chi connectivity index (χ4v) is 4.22. The third-order valence-corrected chi connectivity index (χ3v) is 5.67. The molecule has 27 heavy (non-hydrogen) atoms. The Morgan fingerprint density at radius 2 is 1.85 bits per heavy atom. The average molecular weight is 360 g/mol. The van der Waals surface area contributed by atoms with E-state index in [1.165, 1.54) is 4.90 Å². The lowest BCUT2D eigenvalue weighted by molar-refractivity contribution is -0.123. The van der Waals surface area contributed by atoms with E-state index in [0.717, 1.165) is 35.4 Å². The molecule has 6 heteroatoms. The third kappa shape index (κ3) is 2.56. The summed E-state index contributed by atoms with van der Waals surface area (Å²) < 4.78 is 2.18. The van der Waals surface area contributed by atoms with Crippen molar-refractivity contribution in [1.82, 2.24) is 14.5 Å². The Labute approximate surface area is 157 Å². The van der Waals surface area contributed by atoms with Crippen LogP contribution >= 0.6 is 0 Å². The number of hydrogen-bond donors (Lipinski definition) is 0. The minimum absolute atomic E-state index is 0.125. The summed E-state index contributed by atoms with van der Waals surface area (Å²) in [6.45, 7) is 4.19. The smallest absolute Gasteiger partial charge is 0.251 e. The molecule has 1 unspecified atom stereocenters. The van der Waals surface area contributed by atoms with Crippen LogP contribution < -0.4 is 4.90 Å². The predicted molar refractivity (Wildman–Crippen MR) is 102 cm³/mol. The Hall–Kier alpha value is -2.99. The van der Waals surface area contributed by atoms with Gasteiger partial charge in [-0.15, -0.1) is 0 Å². The SMILES string of the molecule is Cc1ncc2n1CCN(C1CC(=O)N(c3ccc4ccccc4c3)C1=O)C2. The number of imidazole rings is 1. The Bertz CT molecular complexity index is 1070. The Morgan fingerprint density at radius 1 is 1.04 bits per heavy atom. The van der Waals surface area contributed by atoms with Crippen LogP contribution in [0.5, 0.6) is 0 Å². The summed E-state index contributed by atoms with van der Waals surface area (Å²) in [7, 11) is 0. The number of nitrogens with zero attached hydrogens (tertiary/aromatic N) is 4. The zero-order chi connectivity index (χ0) is 18.5. The van der Waals surface area contributed by atoms with Crippen molar-refractivity contribution in [3.05, 3.63) is 60.2 Å². The molecule has 6 nitrogen and oxygen atoms in total. The molecule has 2 amide bonds. The van der Waals surface area contributed by atoms with Gasteiger partial charge < -0.3 is 4.57 Å². The fraction of sp³-hybridized carbons (Fsp3) is 0.286. The maximum Gasteiger partial charge on any atom is 0.251 e. The first-order valence-corrected chi connectivity index (χ1v) is 9.22. The van der Waals surface area contributed by atoms with Crippen LogP contribution in [0.1, 0.15) is 17.9 Å². The van der Waals surface area contributed by atoms with E-state index in [-0.39, 0.29) is 18.2 Å². The minimum Gasteiger partial charge on any atom is -0.330 e. The van der Waals surface area contributed by atoms with Gasteiger partial charge in [0, 0.05) is 25.8 Å². The Kier molecular flexibility index (Phi) is 3.62. The van der Waals surface area contributed by atoms with Crippen molar-refractivity contribution in [2.75, 3.05) is 11.4 Å². The number of amides is 2. The summed E-state index contributed by atoms with van der Waals surface area (Å²) in [5, 5.41) is 2.12. The van der Waals surface area contributed by atoms with Crippen molar-refractivity contribution in [3.8, 4) is 0 Å². The molecule has 3 heterocycles. The lowest BCUT2D eigenvalue weighted by Crippen LogP contribution is -2.45. The highest BCUT2D eigenvalue weighted by Crippen LogP contribution is 2.30. The van der Waals surface area contributed by atoms with Gasteiger partial charge in [0.1, 0.15) is 5.82 Å². The summed E-state index contributed by atoms with van der Waals surface area (Å²) in [4.78, 5) is 33.6. The van der Waals surface area contributed by atoms with Gasteiger partial charge in [-0.1, -0.05) is 30.3 Å². The minimum atomic E-state index is -0.395. The van der Waals surface area contributed by atoms with E-state index >= 15 is 0 Å². The quantitative estimate of drug-likeness (QED) is 0.659. The summed E-state index contributed by atoms with van der Waals surface area (Å²) in [5.74, 6) is 0.742. The van der Waals surface area contributed by atoms with Crippen LogP contribution in [-0.4, -0.2) is 38.9 Å². The fourth-order valence-electron chi connectivity index (χ4n) is 4.22. The summed E-state index contributed by atoms with van der Waals surface area (Å²) in [5.41, 5.74) is 1.76. The highest BCUT2D eigenvalue weighted by molar-refractivity contribution is 6.22. The number of carbonyl (C=O) groups excluding carboxylic acids is 2. The van der Waals surface area contributed by atoms with Crippen molar-refractivity contribution in [3.63, 3.8) is 0 Å². The van der Waals surface area contributed by atoms with E-state index in [4.69, 9.17) is 0 Å². The van der Waals surface area contributed by atoms with Gasteiger partial charge in [0.2, 0.25) is 5.91 Å². The van der Waals surface area contributed by atoms with Crippen LogP contribution in [0.15, 0.2) is 48.7 Å². The number of carbonyl (C=O) groups is 2. The third-order valence-electron chi connectivity index (χ3n) is 5.67. The number of aromatic nitrogens is 2. The average Bonchev–Trinajstić information content (AvgIpc) is 3.20. The molecule has 1 saturated heterocycles. The molecule has 0 radical (unpaired) electrons. The van der Waals surface area contributed by atoms with E-state index in [9.17, 15) is 9.59 Å². The van der Waals surface area contributed by atoms with Gasteiger partial charge in [-0.3, -0.25) is 14.5 Å². The molecule has 2 aliphatic heterocycles. The summed E-state index contributed by atoms with van der Waals surface area (Å²) in [6.07, 6.45) is 2.10. The maximum absolute atomic E-state index is 13.1. The first-order valence-electron chi connectivity index (χ1n) is 9.22. The molecule has 0 aliphatic carbocycles. The number of rotatable bonds is 2. The van der Waals surface area contributed by atoms with Crippen molar-refractivity contribution >= 4 is 28.3 Å². The van der Waals surface area contributed by atoms with Gasteiger partial charge in [0.25, 0.3) is 5.91 Å². The predicted octanol–water partition coefficient (Wildman–Crippen LogP) is 2.49. The van der Waals surface area contributed by atoms with Crippen LogP contribution in [0.25, 0.3) is 10.8 Å². The number of anilines is 1. The second-order valence-corrected chi connectivity index (χ2v) is 7.24. The molecule has 0 N–H and O–H groups in total. The van der Waals surface area contributed by atoms with E-state index < -0.39 is 6.04 Å². The molecule has 0 bridgehead atoms. The molecule has 1 aromatic heterocycles. The van der Waals surface area contributed by atoms with Gasteiger partial charge in [0.05, 0.1) is 23.8 Å². The van der Waals surface area contributed by atoms with Crippen LogP contribution in [0, 0.1) is 6.92 Å². The van der Waals surface area contributed by atoms with Crippen molar-refractivity contribution in [2.45, 2.75) is 32.5 Å². The first-order chi connectivity index (χ1) is 13.1. The number of hydrogen-bond acceptors (Lipinski definition) is 4. The second kappa shape index (κ2) is 6.03. The van der Waals surface area contributed by atoms with E-state index in [1.54, 1.807) is 0 Å². The van der Waals surface area contributed by atoms with Crippen LogP contribution in [0.3, 0.4) is 0 Å². The molecular weight excluding hydrogens is 340 g/mol. The Morgan fingerprint density at radius 3 is 2.70 bits per heavy atom. The van der Waals surface area contributed by atoms with Gasteiger partial charge in [0.15, 0.2) is 0 Å². The van der Waals surface area contributed by atoms with Crippen LogP contribution in [-0.2, 0) is 22.7 Å². The highest BCUT2D eigenvalue weighted by atomic mass is 16.2. The second-order valence-electron chi connectivity index (χ2n) is 7.24. The molecule has 0 saturated carbocycles. The topological polar surface area (TPSA) is 58.4 Å². The molecule has 5 rings (SSSR count). The maximum atomic E-state index is 13.1. The van der Waals surface area contributed by atoms with E-state index in [0.29, 0.717) is 12.2 Å². The number of imide groups is 1. The zero-order valence-corrected chi connectivity index (χ0v) is 15.1. The molecule has 1 fully saturated rings. The van der Waals surface area contributed by atoms with Crippen molar-refractivity contribution in [1.29, 1.82) is 0 Å². The molecule has 2 aliphatic rings. The van der Waals surface area contributed by atoms with Gasteiger partial charge >= 0.3 is 0 Å². The van der Waals surface area contributed by atoms with E-state index in [2.05, 4.69) is 14.5 Å². The molecular formula is C21H20N4O2. The number of aryl methyl sites for hydroxylation is 1. The largest absolute Gasteiger partial charge is 0.330 e. The monoisotopic (exact) mass is 360 g/mol. The molecule has 0 spiro atoms. The highest BCUT2D eigenvalue weighted by Gasteiger charge is 2.43.